The highest BCUT2D eigenvalue weighted by atomic mass is 16.6. The summed E-state index contributed by atoms with van der Waals surface area (Å²) < 4.78 is 5.47. The molecule has 0 bridgehead atoms. The van der Waals surface area contributed by atoms with Crippen LogP contribution < -0.4 is 11.1 Å². The van der Waals surface area contributed by atoms with E-state index in [1.807, 2.05) is 20.8 Å². The third-order valence-electron chi connectivity index (χ3n) is 4.51. The van der Waals surface area contributed by atoms with Crippen LogP contribution in [0.4, 0.5) is 4.79 Å². The van der Waals surface area contributed by atoms with Gasteiger partial charge in [0, 0.05) is 25.7 Å². The molecule has 0 radical (unpaired) electrons. The summed E-state index contributed by atoms with van der Waals surface area (Å²) in [6.45, 7) is 7.66. The van der Waals surface area contributed by atoms with Gasteiger partial charge in [-0.2, -0.15) is 0 Å². The number of ether oxygens (including phenoxy) is 1. The first-order valence-electron chi connectivity index (χ1n) is 8.29. The normalized spacial score (nSPS) is 27.9. The van der Waals surface area contributed by atoms with E-state index in [9.17, 15) is 4.79 Å². The minimum absolute atomic E-state index is 0.126. The number of rotatable bonds is 3. The molecule has 1 heterocycles. The zero-order valence-electron chi connectivity index (χ0n) is 13.8. The van der Waals surface area contributed by atoms with Crippen LogP contribution in [0.5, 0.6) is 0 Å². The van der Waals surface area contributed by atoms with Gasteiger partial charge in [0.25, 0.3) is 0 Å². The molecule has 1 unspecified atom stereocenters. The predicted octanol–water partition coefficient (Wildman–Crippen LogP) is 2.25. The Morgan fingerprint density at radius 1 is 1.33 bits per heavy atom. The molecule has 5 nitrogen and oxygen atoms in total. The van der Waals surface area contributed by atoms with E-state index in [2.05, 4.69) is 5.32 Å². The van der Waals surface area contributed by atoms with Crippen molar-refractivity contribution in [1.29, 1.82) is 0 Å². The van der Waals surface area contributed by atoms with Gasteiger partial charge in [-0.05, 0) is 40.0 Å². The Bertz CT molecular complexity index is 361. The summed E-state index contributed by atoms with van der Waals surface area (Å²) in [5.74, 6) is 0. The molecule has 2 aliphatic rings. The van der Waals surface area contributed by atoms with E-state index in [0.29, 0.717) is 19.1 Å². The summed E-state index contributed by atoms with van der Waals surface area (Å²) >= 11 is 0. The van der Waals surface area contributed by atoms with E-state index in [1.54, 1.807) is 4.90 Å². The van der Waals surface area contributed by atoms with Crippen LogP contribution in [0.1, 0.15) is 59.3 Å². The molecule has 1 aliphatic carbocycles. The molecule has 1 saturated carbocycles. The van der Waals surface area contributed by atoms with Gasteiger partial charge in [-0.1, -0.05) is 19.3 Å². The zero-order valence-corrected chi connectivity index (χ0v) is 13.8. The van der Waals surface area contributed by atoms with Crippen LogP contribution in [0, 0.1) is 0 Å². The van der Waals surface area contributed by atoms with Gasteiger partial charge in [0.05, 0.1) is 5.54 Å². The monoisotopic (exact) mass is 297 g/mol. The lowest BCUT2D eigenvalue weighted by Crippen LogP contribution is -2.57. The Kier molecular flexibility index (Phi) is 5.15. The van der Waals surface area contributed by atoms with E-state index in [1.165, 1.54) is 32.1 Å². The van der Waals surface area contributed by atoms with E-state index in [0.717, 1.165) is 13.0 Å². The van der Waals surface area contributed by atoms with E-state index in [-0.39, 0.29) is 11.6 Å². The fourth-order valence-electron chi connectivity index (χ4n) is 3.38. The molecule has 2 rings (SSSR count). The third kappa shape index (κ3) is 4.58. The van der Waals surface area contributed by atoms with Crippen molar-refractivity contribution in [3.8, 4) is 0 Å². The molecular formula is C16H31N3O2. The second-order valence-electron chi connectivity index (χ2n) is 7.62. The maximum Gasteiger partial charge on any atom is 0.410 e. The summed E-state index contributed by atoms with van der Waals surface area (Å²) in [4.78, 5) is 14.0. The minimum atomic E-state index is -0.443. The highest BCUT2D eigenvalue weighted by molar-refractivity contribution is 5.68. The van der Waals surface area contributed by atoms with Gasteiger partial charge in [0.15, 0.2) is 0 Å². The molecule has 0 aromatic heterocycles. The zero-order chi connectivity index (χ0) is 15.5. The lowest BCUT2D eigenvalue weighted by atomic mass is 9.90. The molecule has 1 saturated heterocycles. The molecular weight excluding hydrogens is 266 g/mol. The molecule has 1 atom stereocenters. The maximum absolute atomic E-state index is 12.2. The predicted molar refractivity (Wildman–Crippen MR) is 84.2 cm³/mol. The number of amides is 1. The fourth-order valence-corrected chi connectivity index (χ4v) is 3.38. The number of nitrogens with zero attached hydrogens (tertiary/aromatic N) is 1. The Hall–Kier alpha value is -0.810. The average molecular weight is 297 g/mol. The lowest BCUT2D eigenvalue weighted by molar-refractivity contribution is 0.0279. The molecule has 3 N–H and O–H groups in total. The van der Waals surface area contributed by atoms with Gasteiger partial charge < -0.3 is 20.7 Å². The SMILES string of the molecule is CC(C)(C)OC(=O)N1CCC(CN)(NC2CCCCC2)C1. The Balaban J connectivity index is 1.91. The molecule has 0 aromatic carbocycles. The van der Waals surface area contributed by atoms with Crippen molar-refractivity contribution in [2.24, 2.45) is 5.73 Å². The molecule has 1 amide bonds. The number of likely N-dealkylation sites (tertiary alicyclic amines) is 1. The Labute approximate surface area is 128 Å². The highest BCUT2D eigenvalue weighted by Gasteiger charge is 2.41. The van der Waals surface area contributed by atoms with Crippen molar-refractivity contribution in [1.82, 2.24) is 10.2 Å². The van der Waals surface area contributed by atoms with Crippen LogP contribution in [0.2, 0.25) is 0 Å². The number of hydrogen-bond acceptors (Lipinski definition) is 4. The van der Waals surface area contributed by atoms with Crippen molar-refractivity contribution in [2.45, 2.75) is 76.5 Å². The summed E-state index contributed by atoms with van der Waals surface area (Å²) in [7, 11) is 0. The second-order valence-corrected chi connectivity index (χ2v) is 7.62. The Morgan fingerprint density at radius 3 is 2.57 bits per heavy atom. The summed E-state index contributed by atoms with van der Waals surface area (Å²) in [6, 6.07) is 0.556. The summed E-state index contributed by atoms with van der Waals surface area (Å²) in [6.07, 6.45) is 7.10. The molecule has 122 valence electrons. The number of carbonyl (C=O) groups excluding carboxylic acids is 1. The van der Waals surface area contributed by atoms with Gasteiger partial charge in [0.1, 0.15) is 5.60 Å². The maximum atomic E-state index is 12.2. The first-order valence-corrected chi connectivity index (χ1v) is 8.29. The van der Waals surface area contributed by atoms with Gasteiger partial charge in [0.2, 0.25) is 0 Å². The fraction of sp³-hybridized carbons (Fsp3) is 0.938. The molecule has 0 aromatic rings. The quantitative estimate of drug-likeness (QED) is 0.838. The first-order chi connectivity index (χ1) is 9.84. The molecule has 0 spiro atoms. The summed E-state index contributed by atoms with van der Waals surface area (Å²) in [5, 5.41) is 3.75. The summed E-state index contributed by atoms with van der Waals surface area (Å²) in [5.41, 5.74) is 5.47. The number of nitrogens with two attached hydrogens (primary N) is 1. The van der Waals surface area contributed by atoms with Gasteiger partial charge >= 0.3 is 6.09 Å². The van der Waals surface area contributed by atoms with Crippen molar-refractivity contribution in [3.63, 3.8) is 0 Å². The van der Waals surface area contributed by atoms with Crippen LogP contribution in [0.15, 0.2) is 0 Å². The van der Waals surface area contributed by atoms with Crippen molar-refractivity contribution < 1.29 is 9.53 Å². The van der Waals surface area contributed by atoms with Crippen LogP contribution in [-0.2, 0) is 4.74 Å². The third-order valence-corrected chi connectivity index (χ3v) is 4.51. The van der Waals surface area contributed by atoms with Crippen LogP contribution >= 0.6 is 0 Å². The van der Waals surface area contributed by atoms with Crippen molar-refractivity contribution >= 4 is 6.09 Å². The molecule has 21 heavy (non-hydrogen) atoms. The molecule has 2 fully saturated rings. The first kappa shape index (κ1) is 16.6. The number of hydrogen-bond donors (Lipinski definition) is 2. The van der Waals surface area contributed by atoms with Gasteiger partial charge in [-0.3, -0.25) is 0 Å². The lowest BCUT2D eigenvalue weighted by Gasteiger charge is -2.36. The Morgan fingerprint density at radius 2 is 2.00 bits per heavy atom. The standard InChI is InChI=1S/C16H31N3O2/c1-15(2,3)21-14(20)19-10-9-16(11-17,12-19)18-13-7-5-4-6-8-13/h13,18H,4-12,17H2,1-3H3. The average Bonchev–Trinajstić information content (AvgIpc) is 2.83. The molecule has 1 aliphatic heterocycles. The highest BCUT2D eigenvalue weighted by Crippen LogP contribution is 2.26. The van der Waals surface area contributed by atoms with Crippen molar-refractivity contribution in [3.05, 3.63) is 0 Å². The van der Waals surface area contributed by atoms with Gasteiger partial charge in [-0.25, -0.2) is 4.79 Å². The van der Waals surface area contributed by atoms with E-state index in [4.69, 9.17) is 10.5 Å². The topological polar surface area (TPSA) is 67.6 Å². The van der Waals surface area contributed by atoms with Crippen molar-refractivity contribution in [2.75, 3.05) is 19.6 Å². The number of nitrogens with one attached hydrogen (secondary N) is 1. The molecule has 5 heteroatoms. The van der Waals surface area contributed by atoms with E-state index >= 15 is 0 Å². The van der Waals surface area contributed by atoms with Crippen LogP contribution in [0.3, 0.4) is 0 Å². The minimum Gasteiger partial charge on any atom is -0.444 e. The van der Waals surface area contributed by atoms with Crippen LogP contribution in [-0.4, -0.2) is 47.8 Å². The smallest absolute Gasteiger partial charge is 0.410 e. The second kappa shape index (κ2) is 6.53. The number of carbonyl (C=O) groups is 1. The largest absolute Gasteiger partial charge is 0.444 e. The van der Waals surface area contributed by atoms with E-state index < -0.39 is 5.60 Å². The van der Waals surface area contributed by atoms with Gasteiger partial charge in [-0.15, -0.1) is 0 Å². The van der Waals surface area contributed by atoms with Crippen LogP contribution in [0.25, 0.3) is 0 Å².